The van der Waals surface area contributed by atoms with Crippen LogP contribution in [-0.2, 0) is 0 Å². The van der Waals surface area contributed by atoms with Crippen molar-refractivity contribution in [3.05, 3.63) is 79.0 Å². The topological polar surface area (TPSA) is 77.0 Å². The van der Waals surface area contributed by atoms with E-state index in [1.54, 1.807) is 16.8 Å². The third kappa shape index (κ3) is 3.49. The maximum atomic E-state index is 13.5. The van der Waals surface area contributed by atoms with Crippen molar-refractivity contribution in [2.24, 2.45) is 0 Å². The Balaban J connectivity index is 1.71. The zero-order chi connectivity index (χ0) is 21.4. The SMILES string of the molecule is CC(CO)n1cc(-c2ncnc3oc(-c4ccccc4)cc23)c(-c2ccc(F)cc2)n1. The van der Waals surface area contributed by atoms with Gasteiger partial charge in [0.15, 0.2) is 0 Å². The van der Waals surface area contributed by atoms with Crippen molar-refractivity contribution in [1.29, 1.82) is 0 Å². The van der Waals surface area contributed by atoms with Crippen LogP contribution in [0.3, 0.4) is 0 Å². The average Bonchev–Trinajstić information content (AvgIpc) is 3.44. The van der Waals surface area contributed by atoms with Gasteiger partial charge in [0, 0.05) is 22.9 Å². The lowest BCUT2D eigenvalue weighted by molar-refractivity contribution is 0.230. The van der Waals surface area contributed by atoms with Gasteiger partial charge in [0.1, 0.15) is 23.6 Å². The van der Waals surface area contributed by atoms with Gasteiger partial charge in [-0.05, 0) is 37.3 Å². The van der Waals surface area contributed by atoms with Crippen molar-refractivity contribution < 1.29 is 13.9 Å². The van der Waals surface area contributed by atoms with E-state index < -0.39 is 0 Å². The molecule has 154 valence electrons. The van der Waals surface area contributed by atoms with E-state index >= 15 is 0 Å². The van der Waals surface area contributed by atoms with Crippen LogP contribution in [0.1, 0.15) is 13.0 Å². The molecule has 5 rings (SSSR count). The summed E-state index contributed by atoms with van der Waals surface area (Å²) in [4.78, 5) is 8.82. The molecule has 7 heteroatoms. The number of rotatable bonds is 5. The quantitative estimate of drug-likeness (QED) is 0.432. The number of aliphatic hydroxyl groups is 1. The zero-order valence-electron chi connectivity index (χ0n) is 16.7. The number of aliphatic hydroxyl groups excluding tert-OH is 1. The third-order valence-corrected chi connectivity index (χ3v) is 5.21. The Morgan fingerprint density at radius 2 is 1.77 bits per heavy atom. The third-order valence-electron chi connectivity index (χ3n) is 5.21. The van der Waals surface area contributed by atoms with Gasteiger partial charge in [-0.1, -0.05) is 30.3 Å². The number of aromatic nitrogens is 4. The van der Waals surface area contributed by atoms with Gasteiger partial charge in [-0.2, -0.15) is 5.10 Å². The minimum Gasteiger partial charge on any atom is -0.438 e. The summed E-state index contributed by atoms with van der Waals surface area (Å²) in [6.07, 6.45) is 3.30. The number of hydrogen-bond acceptors (Lipinski definition) is 5. The van der Waals surface area contributed by atoms with Crippen molar-refractivity contribution in [2.45, 2.75) is 13.0 Å². The molecule has 1 atom stereocenters. The van der Waals surface area contributed by atoms with Crippen molar-refractivity contribution in [3.8, 4) is 33.8 Å². The first-order valence-corrected chi connectivity index (χ1v) is 9.90. The van der Waals surface area contributed by atoms with E-state index in [0.717, 1.165) is 22.1 Å². The maximum Gasteiger partial charge on any atom is 0.230 e. The number of benzene rings is 2. The fourth-order valence-corrected chi connectivity index (χ4v) is 3.51. The van der Waals surface area contributed by atoms with Crippen LogP contribution < -0.4 is 0 Å². The van der Waals surface area contributed by atoms with E-state index in [1.165, 1.54) is 18.5 Å². The van der Waals surface area contributed by atoms with Gasteiger partial charge in [0.05, 0.1) is 23.7 Å². The van der Waals surface area contributed by atoms with Crippen LogP contribution in [0.5, 0.6) is 0 Å². The highest BCUT2D eigenvalue weighted by atomic mass is 19.1. The summed E-state index contributed by atoms with van der Waals surface area (Å²) in [6, 6.07) is 17.6. The summed E-state index contributed by atoms with van der Waals surface area (Å²) in [5.74, 6) is 0.372. The number of fused-ring (bicyclic) bond motifs is 1. The molecule has 31 heavy (non-hydrogen) atoms. The average molecular weight is 414 g/mol. The number of hydrogen-bond donors (Lipinski definition) is 1. The highest BCUT2D eigenvalue weighted by Gasteiger charge is 2.21. The van der Waals surface area contributed by atoms with Gasteiger partial charge in [-0.3, -0.25) is 4.68 Å². The second-order valence-corrected chi connectivity index (χ2v) is 7.33. The molecule has 0 bridgehead atoms. The first kappa shape index (κ1) is 19.1. The van der Waals surface area contributed by atoms with E-state index in [9.17, 15) is 9.50 Å². The predicted octanol–water partition coefficient (Wildman–Crippen LogP) is 5.11. The molecule has 1 unspecified atom stereocenters. The highest BCUT2D eigenvalue weighted by Crippen LogP contribution is 2.37. The molecule has 0 aliphatic rings. The van der Waals surface area contributed by atoms with Crippen LogP contribution in [0.25, 0.3) is 44.9 Å². The van der Waals surface area contributed by atoms with Crippen molar-refractivity contribution in [1.82, 2.24) is 19.7 Å². The molecule has 0 saturated carbocycles. The Bertz CT molecular complexity index is 1340. The Morgan fingerprint density at radius 1 is 1.00 bits per heavy atom. The lowest BCUT2D eigenvalue weighted by Crippen LogP contribution is -2.09. The smallest absolute Gasteiger partial charge is 0.230 e. The molecule has 0 radical (unpaired) electrons. The van der Waals surface area contributed by atoms with Crippen molar-refractivity contribution in [2.75, 3.05) is 6.61 Å². The van der Waals surface area contributed by atoms with Gasteiger partial charge in [0.25, 0.3) is 0 Å². The summed E-state index contributed by atoms with van der Waals surface area (Å²) in [5, 5.41) is 15.0. The Hall–Kier alpha value is -3.84. The molecule has 0 fully saturated rings. The summed E-state index contributed by atoms with van der Waals surface area (Å²) in [6.45, 7) is 1.80. The Kier molecular flexibility index (Phi) is 4.80. The molecule has 3 aromatic heterocycles. The Morgan fingerprint density at radius 3 is 2.52 bits per heavy atom. The van der Waals surface area contributed by atoms with Crippen molar-refractivity contribution in [3.63, 3.8) is 0 Å². The summed E-state index contributed by atoms with van der Waals surface area (Å²) in [7, 11) is 0. The van der Waals surface area contributed by atoms with Crippen LogP contribution in [-0.4, -0.2) is 31.5 Å². The molecule has 0 spiro atoms. The molecule has 3 heterocycles. The van der Waals surface area contributed by atoms with Gasteiger partial charge < -0.3 is 9.52 Å². The van der Waals surface area contributed by atoms with Crippen LogP contribution in [0.4, 0.5) is 4.39 Å². The standard InChI is InChI=1S/C24H19FN4O2/c1-15(13-30)29-12-20(22(28-29)17-7-9-18(25)10-8-17)23-19-11-21(16-5-3-2-4-6-16)31-24(19)27-14-26-23/h2-12,14-15,30H,13H2,1H3. The fourth-order valence-electron chi connectivity index (χ4n) is 3.51. The second-order valence-electron chi connectivity index (χ2n) is 7.33. The van der Waals surface area contributed by atoms with Crippen molar-refractivity contribution >= 4 is 11.1 Å². The van der Waals surface area contributed by atoms with Crippen LogP contribution in [0.15, 0.2) is 77.6 Å². The molecule has 2 aromatic carbocycles. The largest absolute Gasteiger partial charge is 0.438 e. The van der Waals surface area contributed by atoms with E-state index in [4.69, 9.17) is 4.42 Å². The Labute approximate surface area is 177 Å². The van der Waals surface area contributed by atoms with E-state index in [-0.39, 0.29) is 18.5 Å². The monoisotopic (exact) mass is 414 g/mol. The molecular weight excluding hydrogens is 395 g/mol. The normalized spacial score (nSPS) is 12.4. The zero-order valence-corrected chi connectivity index (χ0v) is 16.7. The molecule has 0 aliphatic heterocycles. The van der Waals surface area contributed by atoms with E-state index in [0.29, 0.717) is 22.9 Å². The molecule has 0 aliphatic carbocycles. The van der Waals surface area contributed by atoms with Gasteiger partial charge >= 0.3 is 0 Å². The van der Waals surface area contributed by atoms with E-state index in [1.807, 2.05) is 49.5 Å². The van der Waals surface area contributed by atoms with Crippen LogP contribution in [0.2, 0.25) is 0 Å². The number of halogens is 1. The minimum absolute atomic E-state index is 0.0625. The predicted molar refractivity (Wildman–Crippen MR) is 116 cm³/mol. The first-order chi connectivity index (χ1) is 15.1. The first-order valence-electron chi connectivity index (χ1n) is 9.90. The number of nitrogens with zero attached hydrogens (tertiary/aromatic N) is 4. The van der Waals surface area contributed by atoms with Crippen LogP contribution in [0, 0.1) is 5.82 Å². The molecule has 5 aromatic rings. The number of furan rings is 1. The fraction of sp³-hybridized carbons (Fsp3) is 0.125. The van der Waals surface area contributed by atoms with E-state index in [2.05, 4.69) is 15.1 Å². The highest BCUT2D eigenvalue weighted by molar-refractivity contribution is 5.95. The van der Waals surface area contributed by atoms with Gasteiger partial charge in [-0.15, -0.1) is 0 Å². The maximum absolute atomic E-state index is 13.5. The lowest BCUT2D eigenvalue weighted by Gasteiger charge is -2.07. The minimum atomic E-state index is -0.319. The molecule has 0 amide bonds. The molecule has 1 N–H and O–H groups in total. The van der Waals surface area contributed by atoms with Gasteiger partial charge in [0.2, 0.25) is 5.71 Å². The molecular formula is C24H19FN4O2. The summed E-state index contributed by atoms with van der Waals surface area (Å²) >= 11 is 0. The summed E-state index contributed by atoms with van der Waals surface area (Å²) in [5.41, 5.74) is 4.21. The second kappa shape index (κ2) is 7.77. The lowest BCUT2D eigenvalue weighted by atomic mass is 10.0. The molecule has 0 saturated heterocycles. The molecule has 6 nitrogen and oxygen atoms in total. The van der Waals surface area contributed by atoms with Gasteiger partial charge in [-0.25, -0.2) is 14.4 Å². The summed E-state index contributed by atoms with van der Waals surface area (Å²) < 4.78 is 21.2. The van der Waals surface area contributed by atoms with Crippen LogP contribution >= 0.6 is 0 Å².